The fourth-order valence-corrected chi connectivity index (χ4v) is 5.74. The molecular weight excluding hydrogens is 552 g/mol. The number of carbonyl (C=O) groups excluding carboxylic acids is 2. The standard InChI is InChI=1S/C36H40N4O4/c1-23(2)27-10-5-9-26(18-27)21-37-32(28-11-7-14-31(41)20-28)17-24(3)38-34(42)29-12-6-13-30(19-29)36(43)40-16-8-15-33(40)35-39-25(4)22-44-35/h5-7,9-14,18-20,22,24,32-33,37,41H,1,8,15-17,21H2,2-4H3,(H,38,42)/t24-,32?,33+/m0/s1. The minimum absolute atomic E-state index is 0.134. The minimum atomic E-state index is -0.253. The van der Waals surface area contributed by atoms with Gasteiger partial charge in [0.2, 0.25) is 5.89 Å². The number of hydrogen-bond acceptors (Lipinski definition) is 6. The number of likely N-dealkylation sites (tertiary alicyclic amines) is 1. The molecule has 1 aliphatic rings. The normalized spacial score (nSPS) is 16.0. The molecule has 44 heavy (non-hydrogen) atoms. The molecule has 8 heteroatoms. The number of aromatic nitrogens is 1. The maximum atomic E-state index is 13.5. The summed E-state index contributed by atoms with van der Waals surface area (Å²) in [6.07, 6.45) is 3.84. The summed E-state index contributed by atoms with van der Waals surface area (Å²) in [4.78, 5) is 33.1. The zero-order chi connectivity index (χ0) is 31.2. The van der Waals surface area contributed by atoms with Gasteiger partial charge < -0.3 is 25.1 Å². The number of phenols is 1. The molecule has 0 aliphatic carbocycles. The van der Waals surface area contributed by atoms with Crippen molar-refractivity contribution in [1.82, 2.24) is 20.5 Å². The van der Waals surface area contributed by atoms with Gasteiger partial charge in [-0.3, -0.25) is 9.59 Å². The predicted octanol–water partition coefficient (Wildman–Crippen LogP) is 6.74. The second kappa shape index (κ2) is 13.7. The highest BCUT2D eigenvalue weighted by Crippen LogP contribution is 2.33. The molecule has 1 aromatic heterocycles. The number of phenolic OH excluding ortho intramolecular Hbond substituents is 1. The highest BCUT2D eigenvalue weighted by molar-refractivity contribution is 6.00. The van der Waals surface area contributed by atoms with Crippen LogP contribution in [0.3, 0.4) is 0 Å². The fourth-order valence-electron chi connectivity index (χ4n) is 5.74. The molecule has 2 amide bonds. The number of nitrogens with zero attached hydrogens (tertiary/aromatic N) is 2. The zero-order valence-electron chi connectivity index (χ0n) is 25.5. The van der Waals surface area contributed by atoms with E-state index in [-0.39, 0.29) is 35.7 Å². The van der Waals surface area contributed by atoms with Gasteiger partial charge in [0, 0.05) is 36.3 Å². The van der Waals surface area contributed by atoms with Crippen molar-refractivity contribution >= 4 is 17.4 Å². The maximum Gasteiger partial charge on any atom is 0.254 e. The van der Waals surface area contributed by atoms with Gasteiger partial charge in [-0.15, -0.1) is 0 Å². The van der Waals surface area contributed by atoms with Crippen molar-refractivity contribution in [3.8, 4) is 5.75 Å². The molecule has 1 saturated heterocycles. The van der Waals surface area contributed by atoms with Crippen molar-refractivity contribution in [2.24, 2.45) is 0 Å². The Morgan fingerprint density at radius 2 is 1.82 bits per heavy atom. The molecule has 3 aromatic carbocycles. The van der Waals surface area contributed by atoms with Crippen LogP contribution >= 0.6 is 0 Å². The second-order valence-electron chi connectivity index (χ2n) is 11.7. The van der Waals surface area contributed by atoms with E-state index >= 15 is 0 Å². The van der Waals surface area contributed by atoms with Crippen LogP contribution in [-0.4, -0.2) is 39.4 Å². The van der Waals surface area contributed by atoms with Crippen LogP contribution in [0.2, 0.25) is 0 Å². The Labute approximate surface area is 258 Å². The van der Waals surface area contributed by atoms with Gasteiger partial charge in [0.1, 0.15) is 18.1 Å². The van der Waals surface area contributed by atoms with Crippen LogP contribution in [0.5, 0.6) is 5.75 Å². The number of amides is 2. The van der Waals surface area contributed by atoms with E-state index < -0.39 is 0 Å². The molecule has 1 fully saturated rings. The first-order chi connectivity index (χ1) is 21.2. The number of nitrogens with one attached hydrogen (secondary N) is 2. The lowest BCUT2D eigenvalue weighted by Gasteiger charge is -2.24. The molecule has 3 N–H and O–H groups in total. The summed E-state index contributed by atoms with van der Waals surface area (Å²) in [5.74, 6) is 0.344. The third-order valence-corrected chi connectivity index (χ3v) is 8.02. The Hall–Kier alpha value is -4.69. The van der Waals surface area contributed by atoms with E-state index in [0.29, 0.717) is 36.5 Å². The van der Waals surface area contributed by atoms with Crippen molar-refractivity contribution in [3.63, 3.8) is 0 Å². The van der Waals surface area contributed by atoms with Crippen molar-refractivity contribution in [3.05, 3.63) is 125 Å². The number of aryl methyl sites for hydroxylation is 1. The lowest BCUT2D eigenvalue weighted by atomic mass is 9.98. The Balaban J connectivity index is 1.26. The molecule has 0 radical (unpaired) electrons. The van der Waals surface area contributed by atoms with Gasteiger partial charge in [-0.1, -0.05) is 54.6 Å². The summed E-state index contributed by atoms with van der Waals surface area (Å²) in [5, 5.41) is 16.9. The van der Waals surface area contributed by atoms with Crippen LogP contribution in [0, 0.1) is 6.92 Å². The van der Waals surface area contributed by atoms with E-state index in [1.165, 1.54) is 0 Å². The predicted molar refractivity (Wildman–Crippen MR) is 171 cm³/mol. The summed E-state index contributed by atoms with van der Waals surface area (Å²) < 4.78 is 5.61. The van der Waals surface area contributed by atoms with Crippen LogP contribution in [0.15, 0.2) is 90.1 Å². The van der Waals surface area contributed by atoms with Crippen molar-refractivity contribution < 1.29 is 19.1 Å². The number of oxazole rings is 1. The average molecular weight is 593 g/mol. The van der Waals surface area contributed by atoms with Gasteiger partial charge >= 0.3 is 0 Å². The number of allylic oxidation sites excluding steroid dienone is 1. The molecular formula is C36H40N4O4. The summed E-state index contributed by atoms with van der Waals surface area (Å²) >= 11 is 0. The molecule has 2 heterocycles. The first-order valence-corrected chi connectivity index (χ1v) is 15.1. The zero-order valence-corrected chi connectivity index (χ0v) is 25.5. The summed E-state index contributed by atoms with van der Waals surface area (Å²) in [5.41, 5.74) is 5.80. The van der Waals surface area contributed by atoms with Crippen molar-refractivity contribution in [1.29, 1.82) is 0 Å². The fraction of sp³-hybridized carbons (Fsp3) is 0.306. The minimum Gasteiger partial charge on any atom is -0.508 e. The van der Waals surface area contributed by atoms with E-state index in [1.807, 2.05) is 45.0 Å². The molecule has 3 atom stereocenters. The van der Waals surface area contributed by atoms with Crippen LogP contribution in [0.1, 0.15) is 94.2 Å². The number of benzene rings is 3. The molecule has 4 aromatic rings. The van der Waals surface area contributed by atoms with E-state index in [0.717, 1.165) is 40.8 Å². The van der Waals surface area contributed by atoms with E-state index in [1.54, 1.807) is 47.6 Å². The molecule has 0 saturated carbocycles. The quantitative estimate of drug-likeness (QED) is 0.178. The van der Waals surface area contributed by atoms with Crippen LogP contribution < -0.4 is 10.6 Å². The van der Waals surface area contributed by atoms with Crippen LogP contribution in [-0.2, 0) is 6.54 Å². The average Bonchev–Trinajstić information content (AvgIpc) is 3.68. The number of carbonyl (C=O) groups is 2. The molecule has 228 valence electrons. The third kappa shape index (κ3) is 7.44. The maximum absolute atomic E-state index is 13.5. The first kappa shape index (κ1) is 30.8. The molecule has 0 spiro atoms. The molecule has 5 rings (SSSR count). The van der Waals surface area contributed by atoms with Gasteiger partial charge in [0.25, 0.3) is 11.8 Å². The molecule has 8 nitrogen and oxygen atoms in total. The van der Waals surface area contributed by atoms with Gasteiger partial charge in [-0.25, -0.2) is 4.98 Å². The molecule has 0 bridgehead atoms. The largest absolute Gasteiger partial charge is 0.508 e. The topological polar surface area (TPSA) is 108 Å². The van der Waals surface area contributed by atoms with Crippen molar-refractivity contribution in [2.75, 3.05) is 6.54 Å². The second-order valence-corrected chi connectivity index (χ2v) is 11.7. The number of aromatic hydroxyl groups is 1. The Bertz CT molecular complexity index is 1640. The Morgan fingerprint density at radius 1 is 1.07 bits per heavy atom. The highest BCUT2D eigenvalue weighted by atomic mass is 16.3. The molecule has 1 aliphatic heterocycles. The SMILES string of the molecule is C=C(C)c1cccc(CNC(C[C@H](C)NC(=O)c2cccc(C(=O)N3CCC[C@@H]3c3nc(C)co3)c2)c2cccc(O)c2)c1. The summed E-state index contributed by atoms with van der Waals surface area (Å²) in [6, 6.07) is 21.7. The lowest BCUT2D eigenvalue weighted by molar-refractivity contribution is 0.0715. The Morgan fingerprint density at radius 3 is 2.57 bits per heavy atom. The third-order valence-electron chi connectivity index (χ3n) is 8.02. The van der Waals surface area contributed by atoms with Gasteiger partial charge in [0.05, 0.1) is 5.69 Å². The van der Waals surface area contributed by atoms with E-state index in [9.17, 15) is 14.7 Å². The first-order valence-electron chi connectivity index (χ1n) is 15.1. The van der Waals surface area contributed by atoms with Crippen molar-refractivity contribution in [2.45, 2.75) is 64.7 Å². The van der Waals surface area contributed by atoms with E-state index in [4.69, 9.17) is 4.42 Å². The number of rotatable bonds is 11. The van der Waals surface area contributed by atoms with Crippen LogP contribution in [0.4, 0.5) is 0 Å². The smallest absolute Gasteiger partial charge is 0.254 e. The van der Waals surface area contributed by atoms with Crippen LogP contribution in [0.25, 0.3) is 5.57 Å². The van der Waals surface area contributed by atoms with Gasteiger partial charge in [-0.05, 0) is 87.1 Å². The monoisotopic (exact) mass is 592 g/mol. The summed E-state index contributed by atoms with van der Waals surface area (Å²) in [6.45, 7) is 11.1. The number of hydrogen-bond donors (Lipinski definition) is 3. The van der Waals surface area contributed by atoms with E-state index in [2.05, 4.69) is 34.3 Å². The highest BCUT2D eigenvalue weighted by Gasteiger charge is 2.34. The van der Waals surface area contributed by atoms with Gasteiger partial charge in [0.15, 0.2) is 0 Å². The lowest BCUT2D eigenvalue weighted by Crippen LogP contribution is -2.36. The summed E-state index contributed by atoms with van der Waals surface area (Å²) in [7, 11) is 0. The Kier molecular flexibility index (Phi) is 9.60. The van der Waals surface area contributed by atoms with Gasteiger partial charge in [-0.2, -0.15) is 0 Å². The molecule has 1 unspecified atom stereocenters.